The summed E-state index contributed by atoms with van der Waals surface area (Å²) in [5.41, 5.74) is 8.59. The van der Waals surface area contributed by atoms with Crippen LogP contribution in [0.25, 0.3) is 0 Å². The van der Waals surface area contributed by atoms with Crippen molar-refractivity contribution in [3.8, 4) is 0 Å². The Labute approximate surface area is 106 Å². The number of nitrogens with two attached hydrogens (primary N) is 1. The molecule has 1 aromatic rings. The van der Waals surface area contributed by atoms with E-state index >= 15 is 0 Å². The standard InChI is InChI=1S/C12H15N3OS/c1-14-11(16)9-4-2-3-8-5-6-15(12(13)17)7-10(8)9/h2-4H,5-7H2,1H3,(H2,13,17)(H,14,16). The summed E-state index contributed by atoms with van der Waals surface area (Å²) in [7, 11) is 1.63. The predicted octanol–water partition coefficient (Wildman–Crippen LogP) is 0.648. The average Bonchev–Trinajstić information content (AvgIpc) is 2.36. The van der Waals surface area contributed by atoms with E-state index in [1.54, 1.807) is 7.05 Å². The highest BCUT2D eigenvalue weighted by Crippen LogP contribution is 2.22. The van der Waals surface area contributed by atoms with Gasteiger partial charge in [-0.25, -0.2) is 0 Å². The number of fused-ring (bicyclic) bond motifs is 1. The minimum Gasteiger partial charge on any atom is -0.376 e. The molecular weight excluding hydrogens is 234 g/mol. The van der Waals surface area contributed by atoms with Crippen LogP contribution < -0.4 is 11.1 Å². The minimum atomic E-state index is -0.0633. The van der Waals surface area contributed by atoms with Gasteiger partial charge in [-0.1, -0.05) is 12.1 Å². The molecule has 1 aromatic carbocycles. The summed E-state index contributed by atoms with van der Waals surface area (Å²) in [6.07, 6.45) is 0.873. The van der Waals surface area contributed by atoms with Crippen molar-refractivity contribution in [2.75, 3.05) is 13.6 Å². The largest absolute Gasteiger partial charge is 0.376 e. The second kappa shape index (κ2) is 4.71. The molecule has 0 saturated heterocycles. The number of nitrogens with zero attached hydrogens (tertiary/aromatic N) is 1. The van der Waals surface area contributed by atoms with Gasteiger partial charge in [-0.3, -0.25) is 4.79 Å². The summed E-state index contributed by atoms with van der Waals surface area (Å²) in [6, 6.07) is 5.80. The molecule has 17 heavy (non-hydrogen) atoms. The number of carbonyl (C=O) groups is 1. The van der Waals surface area contributed by atoms with Gasteiger partial charge in [0.25, 0.3) is 5.91 Å². The molecule has 0 atom stereocenters. The summed E-state index contributed by atoms with van der Waals surface area (Å²) in [4.78, 5) is 13.7. The molecule has 0 unspecified atom stereocenters. The summed E-state index contributed by atoms with van der Waals surface area (Å²) < 4.78 is 0. The number of rotatable bonds is 1. The maximum Gasteiger partial charge on any atom is 0.251 e. The van der Waals surface area contributed by atoms with Crippen molar-refractivity contribution in [3.05, 3.63) is 34.9 Å². The highest BCUT2D eigenvalue weighted by molar-refractivity contribution is 7.80. The zero-order valence-electron chi connectivity index (χ0n) is 9.69. The summed E-state index contributed by atoms with van der Waals surface area (Å²) in [5.74, 6) is -0.0633. The van der Waals surface area contributed by atoms with E-state index in [9.17, 15) is 4.79 Å². The minimum absolute atomic E-state index is 0.0633. The molecule has 2 rings (SSSR count). The molecule has 3 N–H and O–H groups in total. The molecule has 1 aliphatic rings. The van der Waals surface area contributed by atoms with Crippen molar-refractivity contribution >= 4 is 23.2 Å². The average molecular weight is 249 g/mol. The normalized spacial score (nSPS) is 14.1. The van der Waals surface area contributed by atoms with Crippen LogP contribution in [0.1, 0.15) is 21.5 Å². The SMILES string of the molecule is CNC(=O)c1cccc2c1CN(C(N)=S)CC2. The number of amides is 1. The lowest BCUT2D eigenvalue weighted by atomic mass is 9.94. The van der Waals surface area contributed by atoms with Crippen LogP contribution >= 0.6 is 12.2 Å². The fourth-order valence-corrected chi connectivity index (χ4v) is 2.27. The highest BCUT2D eigenvalue weighted by atomic mass is 32.1. The zero-order chi connectivity index (χ0) is 12.4. The summed E-state index contributed by atoms with van der Waals surface area (Å²) >= 11 is 4.99. The second-order valence-corrected chi connectivity index (χ2v) is 4.45. The fourth-order valence-electron chi connectivity index (χ4n) is 2.12. The molecule has 1 amide bonds. The first-order chi connectivity index (χ1) is 8.13. The van der Waals surface area contributed by atoms with Gasteiger partial charge in [0.15, 0.2) is 5.11 Å². The van der Waals surface area contributed by atoms with E-state index in [1.165, 1.54) is 5.56 Å². The topological polar surface area (TPSA) is 58.4 Å². The molecule has 5 heteroatoms. The van der Waals surface area contributed by atoms with Crippen LogP contribution in [0.2, 0.25) is 0 Å². The smallest absolute Gasteiger partial charge is 0.251 e. The van der Waals surface area contributed by atoms with Gasteiger partial charge < -0.3 is 16.0 Å². The van der Waals surface area contributed by atoms with Gasteiger partial charge in [-0.15, -0.1) is 0 Å². The van der Waals surface area contributed by atoms with Gasteiger partial charge in [0.2, 0.25) is 0 Å². The van der Waals surface area contributed by atoms with E-state index < -0.39 is 0 Å². The molecule has 0 saturated carbocycles. The third-order valence-corrected chi connectivity index (χ3v) is 3.31. The molecule has 0 radical (unpaired) electrons. The van der Waals surface area contributed by atoms with Crippen LogP contribution in [0, 0.1) is 0 Å². The quantitative estimate of drug-likeness (QED) is 0.717. The number of nitrogens with one attached hydrogen (secondary N) is 1. The number of carbonyl (C=O) groups excluding carboxylic acids is 1. The van der Waals surface area contributed by atoms with Crippen LogP contribution in [0.3, 0.4) is 0 Å². The fraction of sp³-hybridized carbons (Fsp3) is 0.333. The van der Waals surface area contributed by atoms with E-state index in [2.05, 4.69) is 11.4 Å². The summed E-state index contributed by atoms with van der Waals surface area (Å²) in [5, 5.41) is 3.04. The molecular formula is C12H15N3OS. The van der Waals surface area contributed by atoms with Crippen molar-refractivity contribution in [2.24, 2.45) is 5.73 Å². The lowest BCUT2D eigenvalue weighted by Crippen LogP contribution is -2.40. The van der Waals surface area contributed by atoms with Gasteiger partial charge >= 0.3 is 0 Å². The zero-order valence-corrected chi connectivity index (χ0v) is 10.5. The third kappa shape index (κ3) is 2.24. The molecule has 0 aliphatic carbocycles. The molecule has 4 nitrogen and oxygen atoms in total. The third-order valence-electron chi connectivity index (χ3n) is 3.06. The van der Waals surface area contributed by atoms with E-state index in [0.717, 1.165) is 18.5 Å². The Morgan fingerprint density at radius 3 is 2.94 bits per heavy atom. The Bertz CT molecular complexity index is 473. The van der Waals surface area contributed by atoms with Crippen LogP contribution in [0.15, 0.2) is 18.2 Å². The Hall–Kier alpha value is -1.62. The highest BCUT2D eigenvalue weighted by Gasteiger charge is 2.21. The van der Waals surface area contributed by atoms with Crippen molar-refractivity contribution in [2.45, 2.75) is 13.0 Å². The van der Waals surface area contributed by atoms with E-state index in [0.29, 0.717) is 17.2 Å². The molecule has 90 valence electrons. The van der Waals surface area contributed by atoms with Crippen LogP contribution in [-0.4, -0.2) is 29.5 Å². The molecule has 1 heterocycles. The van der Waals surface area contributed by atoms with E-state index in [1.807, 2.05) is 17.0 Å². The number of thiocarbonyl (C=S) groups is 1. The first-order valence-corrected chi connectivity index (χ1v) is 5.91. The van der Waals surface area contributed by atoms with Gasteiger partial charge in [-0.05, 0) is 35.8 Å². The van der Waals surface area contributed by atoms with Gasteiger partial charge in [-0.2, -0.15) is 0 Å². The molecule has 0 fully saturated rings. The van der Waals surface area contributed by atoms with E-state index in [-0.39, 0.29) is 5.91 Å². The number of benzene rings is 1. The van der Waals surface area contributed by atoms with Gasteiger partial charge in [0.1, 0.15) is 0 Å². The van der Waals surface area contributed by atoms with Crippen molar-refractivity contribution < 1.29 is 4.79 Å². The van der Waals surface area contributed by atoms with Crippen LogP contribution in [0.4, 0.5) is 0 Å². The van der Waals surface area contributed by atoms with Crippen molar-refractivity contribution in [1.82, 2.24) is 10.2 Å². The molecule has 0 bridgehead atoms. The molecule has 1 aliphatic heterocycles. The lowest BCUT2D eigenvalue weighted by Gasteiger charge is -2.30. The van der Waals surface area contributed by atoms with Crippen molar-refractivity contribution in [1.29, 1.82) is 0 Å². The first kappa shape index (κ1) is 11.9. The lowest BCUT2D eigenvalue weighted by molar-refractivity contribution is 0.0961. The second-order valence-electron chi connectivity index (χ2n) is 4.03. The molecule has 0 spiro atoms. The first-order valence-electron chi connectivity index (χ1n) is 5.50. The van der Waals surface area contributed by atoms with Crippen LogP contribution in [-0.2, 0) is 13.0 Å². The van der Waals surface area contributed by atoms with Crippen molar-refractivity contribution in [3.63, 3.8) is 0 Å². The maximum atomic E-state index is 11.8. The molecule has 0 aromatic heterocycles. The Morgan fingerprint density at radius 1 is 1.53 bits per heavy atom. The van der Waals surface area contributed by atoms with Gasteiger partial charge in [0, 0.05) is 25.7 Å². The van der Waals surface area contributed by atoms with E-state index in [4.69, 9.17) is 18.0 Å². The summed E-state index contributed by atoms with van der Waals surface area (Å²) in [6.45, 7) is 1.44. The number of hydrogen-bond acceptors (Lipinski definition) is 2. The van der Waals surface area contributed by atoms with Crippen LogP contribution in [0.5, 0.6) is 0 Å². The monoisotopic (exact) mass is 249 g/mol. The Balaban J connectivity index is 2.39. The number of hydrogen-bond donors (Lipinski definition) is 2. The Kier molecular flexibility index (Phi) is 3.28. The van der Waals surface area contributed by atoms with Gasteiger partial charge in [0.05, 0.1) is 0 Å². The maximum absolute atomic E-state index is 11.8. The Morgan fingerprint density at radius 2 is 2.29 bits per heavy atom. The predicted molar refractivity (Wildman–Crippen MR) is 70.7 cm³/mol.